The molecule has 0 atom stereocenters. The van der Waals surface area contributed by atoms with Crippen LogP contribution >= 0.6 is 43.4 Å². The molecular weight excluding hydrogens is 526 g/mol. The molecule has 4 aromatic rings. The van der Waals surface area contributed by atoms with E-state index in [9.17, 15) is 0 Å². The summed E-state index contributed by atoms with van der Waals surface area (Å²) in [4.78, 5) is 0. The first-order valence-electron chi connectivity index (χ1n) is 8.81. The number of halogens is 2. The summed E-state index contributed by atoms with van der Waals surface area (Å²) in [7, 11) is 0. The van der Waals surface area contributed by atoms with Crippen molar-refractivity contribution >= 4 is 64.6 Å². The fraction of sp³-hybridized carbons (Fsp3) is 0. The summed E-state index contributed by atoms with van der Waals surface area (Å²) < 4.78 is 1.27. The summed E-state index contributed by atoms with van der Waals surface area (Å²) in [6.45, 7) is 0. The van der Waals surface area contributed by atoms with E-state index in [1.807, 2.05) is 0 Å². The molecule has 4 aromatic carbocycles. The predicted molar refractivity (Wildman–Crippen MR) is 133 cm³/mol. The third-order valence-electron chi connectivity index (χ3n) is 5.03. The number of rotatable bonds is 4. The van der Waals surface area contributed by atoms with E-state index in [1.165, 1.54) is 24.8 Å². The van der Waals surface area contributed by atoms with Gasteiger partial charge in [-0.15, -0.1) is 0 Å². The fourth-order valence-corrected chi connectivity index (χ4v) is 14.4. The molecule has 0 nitrogen and oxygen atoms in total. The molecule has 0 radical (unpaired) electrons. The Hall–Kier alpha value is -1.48. The molecular formula is C24H19BrIP. The van der Waals surface area contributed by atoms with Gasteiger partial charge in [-0.05, 0) is 0 Å². The Balaban J connectivity index is 2.26. The summed E-state index contributed by atoms with van der Waals surface area (Å²) in [6.07, 6.45) is 0. The minimum absolute atomic E-state index is 1.27. The Morgan fingerprint density at radius 3 is 1.19 bits per heavy atom. The molecule has 0 aliphatic heterocycles. The normalized spacial score (nSPS) is 12.9. The van der Waals surface area contributed by atoms with Crippen LogP contribution in [0, 0.1) is 3.57 Å². The Morgan fingerprint density at radius 1 is 0.481 bits per heavy atom. The fourth-order valence-electron chi connectivity index (χ4n) is 3.78. The van der Waals surface area contributed by atoms with Crippen LogP contribution in [0.1, 0.15) is 0 Å². The molecule has 0 fully saturated rings. The second kappa shape index (κ2) is 7.50. The van der Waals surface area contributed by atoms with Crippen LogP contribution in [-0.2, 0) is 0 Å². The quantitative estimate of drug-likeness (QED) is 0.226. The molecule has 0 unspecified atom stereocenters. The molecule has 0 saturated carbocycles. The van der Waals surface area contributed by atoms with Gasteiger partial charge < -0.3 is 0 Å². The van der Waals surface area contributed by atoms with Crippen molar-refractivity contribution in [3.8, 4) is 0 Å². The van der Waals surface area contributed by atoms with Crippen molar-refractivity contribution in [2.75, 3.05) is 0 Å². The molecule has 3 heteroatoms. The van der Waals surface area contributed by atoms with Crippen LogP contribution in [0.2, 0.25) is 0 Å². The molecule has 4 rings (SSSR count). The van der Waals surface area contributed by atoms with Gasteiger partial charge in [-0.2, -0.15) is 0 Å². The van der Waals surface area contributed by atoms with Gasteiger partial charge in [-0.3, -0.25) is 0 Å². The van der Waals surface area contributed by atoms with Gasteiger partial charge in [0.15, 0.2) is 0 Å². The van der Waals surface area contributed by atoms with Crippen LogP contribution in [-0.4, -0.2) is 0 Å². The van der Waals surface area contributed by atoms with Crippen molar-refractivity contribution < 1.29 is 0 Å². The first kappa shape index (κ1) is 18.9. The molecule has 134 valence electrons. The molecule has 0 amide bonds. The van der Waals surface area contributed by atoms with E-state index in [4.69, 9.17) is 0 Å². The molecule has 0 aliphatic carbocycles. The van der Waals surface area contributed by atoms with Crippen molar-refractivity contribution in [1.82, 2.24) is 0 Å². The molecule has 0 saturated heterocycles. The molecule has 27 heavy (non-hydrogen) atoms. The van der Waals surface area contributed by atoms with E-state index >= 15 is 0 Å². The van der Waals surface area contributed by atoms with Gasteiger partial charge in [-0.1, -0.05) is 0 Å². The molecule has 0 aromatic heterocycles. The maximum atomic E-state index is 4.50. The second-order valence-corrected chi connectivity index (χ2v) is 15.9. The van der Waals surface area contributed by atoms with Crippen LogP contribution in [0.4, 0.5) is 0 Å². The van der Waals surface area contributed by atoms with Gasteiger partial charge in [0.2, 0.25) is 0 Å². The monoisotopic (exact) mass is 544 g/mol. The van der Waals surface area contributed by atoms with Crippen molar-refractivity contribution in [2.24, 2.45) is 0 Å². The van der Waals surface area contributed by atoms with Crippen molar-refractivity contribution in [3.63, 3.8) is 0 Å². The van der Waals surface area contributed by atoms with Gasteiger partial charge in [0.05, 0.1) is 0 Å². The number of hydrogen-bond donors (Lipinski definition) is 0. The summed E-state index contributed by atoms with van der Waals surface area (Å²) in [5.74, 6) is 0. The number of hydrogen-bond acceptors (Lipinski definition) is 0. The zero-order chi connectivity index (χ0) is 18.8. The van der Waals surface area contributed by atoms with Gasteiger partial charge >= 0.3 is 183 Å². The molecule has 0 heterocycles. The predicted octanol–water partition coefficient (Wildman–Crippen LogP) is 5.76. The van der Waals surface area contributed by atoms with E-state index in [0.29, 0.717) is 0 Å². The Labute approximate surface area is 182 Å². The summed E-state index contributed by atoms with van der Waals surface area (Å²) in [5, 5.41) is 2.21. The number of benzene rings is 4. The van der Waals surface area contributed by atoms with E-state index < -0.39 is 5.31 Å². The van der Waals surface area contributed by atoms with Crippen LogP contribution in [0.25, 0.3) is 0 Å². The average Bonchev–Trinajstić information content (AvgIpc) is 2.75. The summed E-state index contributed by atoms with van der Waals surface area (Å²) in [5.41, 5.74) is 0. The second-order valence-electron chi connectivity index (χ2n) is 6.47. The Bertz CT molecular complexity index is 950. The zero-order valence-electron chi connectivity index (χ0n) is 14.7. The van der Waals surface area contributed by atoms with Crippen LogP contribution in [0.15, 0.2) is 115 Å². The Morgan fingerprint density at radius 2 is 0.815 bits per heavy atom. The van der Waals surface area contributed by atoms with E-state index in [1.54, 1.807) is 0 Å². The standard InChI is InChI=1S/C24H19BrIP/c25-27(20-12-4-1-5-13-20,21-14-6-2-7-15-21,22-16-8-3-9-17-22)24-19-11-10-18-23(24)26/h1-19H. The van der Waals surface area contributed by atoms with Gasteiger partial charge in [-0.25, -0.2) is 0 Å². The third kappa shape index (κ3) is 2.90. The van der Waals surface area contributed by atoms with E-state index in [2.05, 4.69) is 153 Å². The topological polar surface area (TPSA) is 0 Å². The SMILES string of the molecule is BrP(c1ccccc1)(c1ccccc1)(c1ccccc1)c1ccccc1I. The molecule has 0 N–H and O–H groups in total. The first-order chi connectivity index (χ1) is 13.2. The zero-order valence-corrected chi connectivity index (χ0v) is 19.3. The molecule has 0 aliphatic rings. The van der Waals surface area contributed by atoms with Crippen LogP contribution in [0.3, 0.4) is 0 Å². The van der Waals surface area contributed by atoms with Crippen LogP contribution < -0.4 is 21.2 Å². The first-order valence-corrected chi connectivity index (χ1v) is 14.1. The Kier molecular flexibility index (Phi) is 5.24. The molecule has 0 spiro atoms. The van der Waals surface area contributed by atoms with E-state index in [0.717, 1.165) is 0 Å². The minimum atomic E-state index is -3.06. The van der Waals surface area contributed by atoms with Crippen molar-refractivity contribution in [1.29, 1.82) is 0 Å². The third-order valence-corrected chi connectivity index (χ3v) is 16.3. The van der Waals surface area contributed by atoms with Gasteiger partial charge in [0, 0.05) is 0 Å². The maximum absolute atomic E-state index is 4.50. The summed E-state index contributed by atoms with van der Waals surface area (Å²) >= 11 is 6.98. The van der Waals surface area contributed by atoms with Crippen molar-refractivity contribution in [3.05, 3.63) is 119 Å². The van der Waals surface area contributed by atoms with Crippen molar-refractivity contribution in [2.45, 2.75) is 0 Å². The van der Waals surface area contributed by atoms with Gasteiger partial charge in [0.25, 0.3) is 0 Å². The van der Waals surface area contributed by atoms with Crippen LogP contribution in [0.5, 0.6) is 0 Å². The van der Waals surface area contributed by atoms with Gasteiger partial charge in [0.1, 0.15) is 0 Å². The molecule has 0 bridgehead atoms. The summed E-state index contributed by atoms with van der Waals surface area (Å²) in [6, 6.07) is 41.4. The van der Waals surface area contributed by atoms with E-state index in [-0.39, 0.29) is 0 Å². The average molecular weight is 545 g/mol.